The molecular formula is C9H12N2O. The Morgan fingerprint density at radius 2 is 2.58 bits per heavy atom. The fourth-order valence-corrected chi connectivity index (χ4v) is 0.846. The van der Waals surface area contributed by atoms with E-state index < -0.39 is 0 Å². The fraction of sp³-hybridized carbons (Fsp3) is 0.222. The lowest BCUT2D eigenvalue weighted by molar-refractivity contribution is -0.116. The van der Waals surface area contributed by atoms with Crippen molar-refractivity contribution < 1.29 is 4.79 Å². The minimum Gasteiger partial charge on any atom is -0.367 e. The highest BCUT2D eigenvalue weighted by Gasteiger charge is 1.90. The summed E-state index contributed by atoms with van der Waals surface area (Å²) in [6.45, 7) is 2.55. The summed E-state index contributed by atoms with van der Waals surface area (Å²) in [7, 11) is 0. The maximum Gasteiger partial charge on any atom is 0.243 e. The Morgan fingerprint density at radius 3 is 3.17 bits per heavy atom. The predicted octanol–water partition coefficient (Wildman–Crippen LogP) is 1.16. The molecule has 0 unspecified atom stereocenters. The molecule has 0 atom stereocenters. The van der Waals surface area contributed by atoms with Gasteiger partial charge in [-0.25, -0.2) is 0 Å². The number of carbonyl (C=O) groups excluding carboxylic acids is 1. The fourth-order valence-electron chi connectivity index (χ4n) is 0.846. The zero-order valence-electron chi connectivity index (χ0n) is 7.00. The molecule has 0 spiro atoms. The Hall–Kier alpha value is -1.51. The van der Waals surface area contributed by atoms with Crippen molar-refractivity contribution in [1.29, 1.82) is 0 Å². The van der Waals surface area contributed by atoms with Gasteiger partial charge < -0.3 is 10.3 Å². The predicted molar refractivity (Wildman–Crippen MR) is 48.5 cm³/mol. The molecule has 0 aliphatic rings. The molecule has 0 aliphatic heterocycles. The summed E-state index contributed by atoms with van der Waals surface area (Å²) in [6, 6.07) is 1.90. The Labute approximate surface area is 71.5 Å². The van der Waals surface area contributed by atoms with Gasteiger partial charge in [0, 0.05) is 25.0 Å². The van der Waals surface area contributed by atoms with Crippen molar-refractivity contribution in [3.05, 3.63) is 30.1 Å². The standard InChI is InChI=1S/C9H12N2O/c1-2-11-9(12)4-3-8-5-6-10-7-8/h3-7,10H,2H2,1H3,(H,11,12)/b4-3+. The molecule has 0 saturated carbocycles. The number of rotatable bonds is 3. The Bertz CT molecular complexity index is 262. The highest BCUT2D eigenvalue weighted by Crippen LogP contribution is 1.98. The maximum atomic E-state index is 10.9. The smallest absolute Gasteiger partial charge is 0.243 e. The van der Waals surface area contributed by atoms with Crippen molar-refractivity contribution >= 4 is 12.0 Å². The van der Waals surface area contributed by atoms with Gasteiger partial charge in [0.05, 0.1) is 0 Å². The van der Waals surface area contributed by atoms with E-state index in [0.717, 1.165) is 5.56 Å². The first-order valence-electron chi connectivity index (χ1n) is 3.91. The monoisotopic (exact) mass is 164 g/mol. The van der Waals surface area contributed by atoms with Gasteiger partial charge >= 0.3 is 0 Å². The molecule has 0 aromatic carbocycles. The van der Waals surface area contributed by atoms with E-state index in [9.17, 15) is 4.79 Å². The highest BCUT2D eigenvalue weighted by atomic mass is 16.1. The number of hydrogen-bond acceptors (Lipinski definition) is 1. The van der Waals surface area contributed by atoms with Crippen LogP contribution in [0.4, 0.5) is 0 Å². The van der Waals surface area contributed by atoms with Crippen molar-refractivity contribution in [3.8, 4) is 0 Å². The van der Waals surface area contributed by atoms with E-state index in [2.05, 4.69) is 10.3 Å². The molecule has 0 saturated heterocycles. The molecule has 1 heterocycles. The lowest BCUT2D eigenvalue weighted by atomic mass is 10.3. The van der Waals surface area contributed by atoms with Crippen LogP contribution >= 0.6 is 0 Å². The molecular weight excluding hydrogens is 152 g/mol. The normalized spacial score (nSPS) is 10.4. The summed E-state index contributed by atoms with van der Waals surface area (Å²) in [4.78, 5) is 13.8. The molecule has 2 N–H and O–H groups in total. The second-order valence-corrected chi connectivity index (χ2v) is 2.37. The summed E-state index contributed by atoms with van der Waals surface area (Å²) >= 11 is 0. The number of aromatic nitrogens is 1. The van der Waals surface area contributed by atoms with Crippen molar-refractivity contribution in [2.45, 2.75) is 6.92 Å². The van der Waals surface area contributed by atoms with Crippen LogP contribution in [-0.2, 0) is 4.79 Å². The summed E-state index contributed by atoms with van der Waals surface area (Å²) in [5, 5.41) is 2.67. The summed E-state index contributed by atoms with van der Waals surface area (Å²) in [5.74, 6) is -0.0568. The third kappa shape index (κ3) is 2.62. The molecule has 0 fully saturated rings. The van der Waals surface area contributed by atoms with Gasteiger partial charge in [0.2, 0.25) is 5.91 Å². The van der Waals surface area contributed by atoms with Gasteiger partial charge in [-0.05, 0) is 24.6 Å². The maximum absolute atomic E-state index is 10.9. The minimum absolute atomic E-state index is 0.0568. The van der Waals surface area contributed by atoms with E-state index in [-0.39, 0.29) is 5.91 Å². The van der Waals surface area contributed by atoms with Crippen LogP contribution in [0.15, 0.2) is 24.5 Å². The Morgan fingerprint density at radius 1 is 1.75 bits per heavy atom. The second-order valence-electron chi connectivity index (χ2n) is 2.37. The van der Waals surface area contributed by atoms with Gasteiger partial charge in [-0.2, -0.15) is 0 Å². The molecule has 1 amide bonds. The quantitative estimate of drug-likeness (QED) is 0.647. The molecule has 1 rings (SSSR count). The number of nitrogens with one attached hydrogen (secondary N) is 2. The SMILES string of the molecule is CCNC(=O)/C=C/c1cc[nH]c1. The van der Waals surface area contributed by atoms with Crippen LogP contribution in [0.3, 0.4) is 0 Å². The van der Waals surface area contributed by atoms with E-state index in [1.807, 2.05) is 25.4 Å². The van der Waals surface area contributed by atoms with Gasteiger partial charge in [0.1, 0.15) is 0 Å². The lowest BCUT2D eigenvalue weighted by Crippen LogP contribution is -2.19. The largest absolute Gasteiger partial charge is 0.367 e. The van der Waals surface area contributed by atoms with Crippen LogP contribution in [0.2, 0.25) is 0 Å². The topological polar surface area (TPSA) is 44.9 Å². The second kappa shape index (κ2) is 4.38. The number of H-pyrrole nitrogens is 1. The average Bonchev–Trinajstić information content (AvgIpc) is 2.53. The molecule has 1 aromatic rings. The summed E-state index contributed by atoms with van der Waals surface area (Å²) in [5.41, 5.74) is 1.00. The van der Waals surface area contributed by atoms with E-state index >= 15 is 0 Å². The minimum atomic E-state index is -0.0568. The van der Waals surface area contributed by atoms with Crippen LogP contribution in [0.5, 0.6) is 0 Å². The third-order valence-corrected chi connectivity index (χ3v) is 1.40. The molecule has 0 bridgehead atoms. The van der Waals surface area contributed by atoms with Gasteiger partial charge in [0.25, 0.3) is 0 Å². The molecule has 64 valence electrons. The summed E-state index contributed by atoms with van der Waals surface area (Å²) < 4.78 is 0. The Balaban J connectivity index is 2.45. The number of hydrogen-bond donors (Lipinski definition) is 2. The van der Waals surface area contributed by atoms with Gasteiger partial charge in [-0.1, -0.05) is 0 Å². The number of likely N-dealkylation sites (N-methyl/N-ethyl adjacent to an activating group) is 1. The van der Waals surface area contributed by atoms with E-state index in [4.69, 9.17) is 0 Å². The number of carbonyl (C=O) groups is 1. The van der Waals surface area contributed by atoms with Crippen LogP contribution in [-0.4, -0.2) is 17.4 Å². The summed E-state index contributed by atoms with van der Waals surface area (Å²) in [6.07, 6.45) is 6.93. The zero-order chi connectivity index (χ0) is 8.81. The molecule has 1 aromatic heterocycles. The first-order valence-corrected chi connectivity index (χ1v) is 3.91. The van der Waals surface area contributed by atoms with Crippen molar-refractivity contribution in [2.75, 3.05) is 6.54 Å². The van der Waals surface area contributed by atoms with E-state index in [1.165, 1.54) is 6.08 Å². The number of aromatic amines is 1. The molecule has 3 nitrogen and oxygen atoms in total. The van der Waals surface area contributed by atoms with Crippen molar-refractivity contribution in [2.24, 2.45) is 0 Å². The average molecular weight is 164 g/mol. The zero-order valence-corrected chi connectivity index (χ0v) is 7.00. The third-order valence-electron chi connectivity index (χ3n) is 1.40. The van der Waals surface area contributed by atoms with E-state index in [0.29, 0.717) is 6.54 Å². The van der Waals surface area contributed by atoms with Crippen molar-refractivity contribution in [1.82, 2.24) is 10.3 Å². The Kier molecular flexibility index (Phi) is 3.14. The first kappa shape index (κ1) is 8.59. The van der Waals surface area contributed by atoms with Crippen LogP contribution in [0.25, 0.3) is 6.08 Å². The lowest BCUT2D eigenvalue weighted by Gasteiger charge is -1.92. The van der Waals surface area contributed by atoms with Crippen LogP contribution < -0.4 is 5.32 Å². The highest BCUT2D eigenvalue weighted by molar-refractivity contribution is 5.91. The van der Waals surface area contributed by atoms with Crippen LogP contribution in [0, 0.1) is 0 Å². The van der Waals surface area contributed by atoms with E-state index in [1.54, 1.807) is 6.08 Å². The van der Waals surface area contributed by atoms with Crippen LogP contribution in [0.1, 0.15) is 12.5 Å². The molecule has 3 heteroatoms. The first-order chi connectivity index (χ1) is 5.83. The number of amides is 1. The van der Waals surface area contributed by atoms with Gasteiger partial charge in [0.15, 0.2) is 0 Å². The molecule has 0 radical (unpaired) electrons. The van der Waals surface area contributed by atoms with Crippen molar-refractivity contribution in [3.63, 3.8) is 0 Å². The van der Waals surface area contributed by atoms with Gasteiger partial charge in [-0.3, -0.25) is 4.79 Å². The molecule has 12 heavy (non-hydrogen) atoms. The van der Waals surface area contributed by atoms with Gasteiger partial charge in [-0.15, -0.1) is 0 Å². The molecule has 0 aliphatic carbocycles.